The van der Waals surface area contributed by atoms with Crippen LogP contribution in [0.4, 0.5) is 4.79 Å². The topological polar surface area (TPSA) is 74.9 Å². The molecular formula is C16H15N3O3. The van der Waals surface area contributed by atoms with Crippen LogP contribution in [0.3, 0.4) is 0 Å². The molecule has 1 atom stereocenters. The number of rotatable bonds is 4. The summed E-state index contributed by atoms with van der Waals surface area (Å²) in [5, 5.41) is 7.55. The van der Waals surface area contributed by atoms with E-state index in [4.69, 9.17) is 4.42 Å². The highest BCUT2D eigenvalue weighted by molar-refractivity contribution is 6.07. The molecule has 2 heterocycles. The molecule has 0 spiro atoms. The van der Waals surface area contributed by atoms with Gasteiger partial charge in [-0.2, -0.15) is 5.10 Å². The first-order valence-corrected chi connectivity index (χ1v) is 6.97. The van der Waals surface area contributed by atoms with E-state index in [0.717, 1.165) is 10.6 Å². The van der Waals surface area contributed by atoms with Gasteiger partial charge in [0.2, 0.25) is 0 Å². The fourth-order valence-electron chi connectivity index (χ4n) is 2.51. The zero-order chi connectivity index (χ0) is 15.6. The van der Waals surface area contributed by atoms with Crippen LogP contribution < -0.4 is 5.32 Å². The second-order valence-corrected chi connectivity index (χ2v) is 4.93. The summed E-state index contributed by atoms with van der Waals surface area (Å²) >= 11 is 0. The molecule has 0 saturated carbocycles. The number of benzene rings is 1. The molecule has 112 valence electrons. The number of furan rings is 1. The van der Waals surface area contributed by atoms with E-state index in [1.165, 1.54) is 12.5 Å². The molecule has 3 amide bonds. The monoisotopic (exact) mass is 297 g/mol. The molecule has 0 bridgehead atoms. The fraction of sp³-hybridized carbons (Fsp3) is 0.188. The van der Waals surface area contributed by atoms with Crippen molar-refractivity contribution in [1.82, 2.24) is 10.3 Å². The summed E-state index contributed by atoms with van der Waals surface area (Å²) in [6, 6.07) is 12.0. The maximum atomic E-state index is 12.7. The van der Waals surface area contributed by atoms with Crippen molar-refractivity contribution in [3.8, 4) is 0 Å². The lowest BCUT2D eigenvalue weighted by Gasteiger charge is -2.24. The second-order valence-electron chi connectivity index (χ2n) is 4.93. The van der Waals surface area contributed by atoms with E-state index in [2.05, 4.69) is 10.4 Å². The molecule has 1 fully saturated rings. The van der Waals surface area contributed by atoms with E-state index in [1.807, 2.05) is 37.3 Å². The number of hydrogen-bond acceptors (Lipinski definition) is 4. The summed E-state index contributed by atoms with van der Waals surface area (Å²) in [5.41, 5.74) is -0.328. The molecule has 1 N–H and O–H groups in total. The van der Waals surface area contributed by atoms with Gasteiger partial charge in [0.05, 0.1) is 12.5 Å². The van der Waals surface area contributed by atoms with Crippen LogP contribution in [0.15, 0.2) is 58.2 Å². The van der Waals surface area contributed by atoms with Crippen LogP contribution in [0, 0.1) is 0 Å². The summed E-state index contributed by atoms with van der Waals surface area (Å²) in [4.78, 5) is 24.9. The molecule has 1 aliphatic rings. The van der Waals surface area contributed by atoms with Gasteiger partial charge >= 0.3 is 6.03 Å². The van der Waals surface area contributed by atoms with Gasteiger partial charge < -0.3 is 9.73 Å². The molecule has 6 heteroatoms. The van der Waals surface area contributed by atoms with Gasteiger partial charge in [0.25, 0.3) is 5.91 Å². The first-order chi connectivity index (χ1) is 10.7. The molecule has 0 aliphatic carbocycles. The number of nitrogens with one attached hydrogen (secondary N) is 1. The summed E-state index contributed by atoms with van der Waals surface area (Å²) in [7, 11) is 0. The van der Waals surface area contributed by atoms with Gasteiger partial charge in [-0.1, -0.05) is 37.3 Å². The molecule has 22 heavy (non-hydrogen) atoms. The smallest absolute Gasteiger partial charge is 0.346 e. The van der Waals surface area contributed by atoms with Crippen molar-refractivity contribution in [2.75, 3.05) is 0 Å². The van der Waals surface area contributed by atoms with Gasteiger partial charge in [-0.3, -0.25) is 4.79 Å². The zero-order valence-electron chi connectivity index (χ0n) is 12.0. The minimum Gasteiger partial charge on any atom is -0.463 e. The lowest BCUT2D eigenvalue weighted by molar-refractivity contribution is -0.131. The number of nitrogens with zero attached hydrogens (tertiary/aromatic N) is 2. The molecule has 1 aliphatic heterocycles. The van der Waals surface area contributed by atoms with Crippen molar-refractivity contribution in [2.24, 2.45) is 5.10 Å². The van der Waals surface area contributed by atoms with Crippen LogP contribution in [0.25, 0.3) is 0 Å². The lowest BCUT2D eigenvalue weighted by Crippen LogP contribution is -2.43. The van der Waals surface area contributed by atoms with Crippen LogP contribution in [0.1, 0.15) is 24.7 Å². The third-order valence-corrected chi connectivity index (χ3v) is 3.71. The molecule has 0 unspecified atom stereocenters. The summed E-state index contributed by atoms with van der Waals surface area (Å²) in [6.07, 6.45) is 3.27. The number of imide groups is 1. The van der Waals surface area contributed by atoms with Crippen LogP contribution >= 0.6 is 0 Å². The number of urea groups is 1. The third kappa shape index (κ3) is 2.18. The largest absolute Gasteiger partial charge is 0.463 e. The number of carbonyl (C=O) groups excluding carboxylic acids is 2. The molecule has 1 aromatic carbocycles. The predicted molar refractivity (Wildman–Crippen MR) is 80.1 cm³/mol. The zero-order valence-corrected chi connectivity index (χ0v) is 12.0. The van der Waals surface area contributed by atoms with Gasteiger partial charge in [0, 0.05) is 0 Å². The van der Waals surface area contributed by atoms with Crippen molar-refractivity contribution < 1.29 is 14.0 Å². The Morgan fingerprint density at radius 1 is 1.23 bits per heavy atom. The van der Waals surface area contributed by atoms with Crippen molar-refractivity contribution in [3.05, 3.63) is 60.1 Å². The van der Waals surface area contributed by atoms with Gasteiger partial charge in [-0.05, 0) is 24.1 Å². The Morgan fingerprint density at radius 2 is 2.00 bits per heavy atom. The van der Waals surface area contributed by atoms with Crippen molar-refractivity contribution in [3.63, 3.8) is 0 Å². The molecule has 1 aromatic heterocycles. The standard InChI is InChI=1S/C16H15N3O3/c1-2-16(12-7-4-3-5-8-12)14(20)19(15(21)18-16)17-11-13-9-6-10-22-13/h3-11H,2H2,1H3,(H,18,21)/b17-11-/t16-/m1/s1. The number of carbonyl (C=O) groups is 2. The van der Waals surface area contributed by atoms with E-state index in [-0.39, 0.29) is 0 Å². The number of hydrogen-bond donors (Lipinski definition) is 1. The Hall–Kier alpha value is -2.89. The van der Waals surface area contributed by atoms with E-state index in [9.17, 15) is 9.59 Å². The van der Waals surface area contributed by atoms with E-state index in [0.29, 0.717) is 12.2 Å². The van der Waals surface area contributed by atoms with Crippen LogP contribution in [-0.2, 0) is 10.3 Å². The minimum absolute atomic E-state index is 0.394. The van der Waals surface area contributed by atoms with Crippen LogP contribution in [0.5, 0.6) is 0 Å². The summed E-state index contributed by atoms with van der Waals surface area (Å²) < 4.78 is 5.11. The lowest BCUT2D eigenvalue weighted by atomic mass is 9.87. The average molecular weight is 297 g/mol. The highest BCUT2D eigenvalue weighted by Gasteiger charge is 2.51. The number of amides is 3. The SMILES string of the molecule is CC[C@]1(c2ccccc2)NC(=O)N(/N=C\c2ccco2)C1=O. The average Bonchev–Trinajstić information content (AvgIpc) is 3.14. The Kier molecular flexibility index (Phi) is 3.50. The predicted octanol–water partition coefficient (Wildman–Crippen LogP) is 2.47. The Labute approximate surface area is 127 Å². The molecule has 2 aromatic rings. The van der Waals surface area contributed by atoms with Gasteiger partial charge in [-0.15, -0.1) is 5.01 Å². The van der Waals surface area contributed by atoms with Crippen molar-refractivity contribution >= 4 is 18.2 Å². The molecule has 0 radical (unpaired) electrons. The van der Waals surface area contributed by atoms with E-state index in [1.54, 1.807) is 12.1 Å². The first-order valence-electron chi connectivity index (χ1n) is 6.97. The third-order valence-electron chi connectivity index (χ3n) is 3.71. The normalized spacial score (nSPS) is 21.6. The Bertz CT molecular complexity index is 710. The first kappa shape index (κ1) is 14.1. The maximum Gasteiger partial charge on any atom is 0.346 e. The van der Waals surface area contributed by atoms with E-state index < -0.39 is 17.5 Å². The maximum absolute atomic E-state index is 12.7. The van der Waals surface area contributed by atoms with Crippen molar-refractivity contribution in [2.45, 2.75) is 18.9 Å². The quantitative estimate of drug-likeness (QED) is 0.696. The summed E-state index contributed by atoms with van der Waals surface area (Å²) in [6.45, 7) is 1.85. The molecule has 3 rings (SSSR count). The Morgan fingerprint density at radius 3 is 2.64 bits per heavy atom. The fourth-order valence-corrected chi connectivity index (χ4v) is 2.51. The molecular weight excluding hydrogens is 282 g/mol. The van der Waals surface area contributed by atoms with Crippen LogP contribution in [-0.4, -0.2) is 23.2 Å². The Balaban J connectivity index is 1.93. The highest BCUT2D eigenvalue weighted by Crippen LogP contribution is 2.32. The summed E-state index contributed by atoms with van der Waals surface area (Å²) in [5.74, 6) is 0.0725. The van der Waals surface area contributed by atoms with E-state index >= 15 is 0 Å². The highest BCUT2D eigenvalue weighted by atomic mass is 16.3. The van der Waals surface area contributed by atoms with Gasteiger partial charge in [0.1, 0.15) is 11.3 Å². The van der Waals surface area contributed by atoms with Gasteiger partial charge in [-0.25, -0.2) is 4.79 Å². The van der Waals surface area contributed by atoms with Crippen molar-refractivity contribution in [1.29, 1.82) is 0 Å². The van der Waals surface area contributed by atoms with Gasteiger partial charge in [0.15, 0.2) is 0 Å². The minimum atomic E-state index is -1.07. The molecule has 1 saturated heterocycles. The van der Waals surface area contributed by atoms with Crippen LogP contribution in [0.2, 0.25) is 0 Å². The number of hydrazone groups is 1. The molecule has 6 nitrogen and oxygen atoms in total. The second kappa shape index (κ2) is 5.48.